The molecule has 0 bridgehead atoms. The Morgan fingerprint density at radius 1 is 1.09 bits per heavy atom. The molecule has 0 atom stereocenters. The number of ether oxygens (including phenoxy) is 1. The topological polar surface area (TPSA) is 82.1 Å². The maximum Gasteiger partial charge on any atom is 0.410 e. The van der Waals surface area contributed by atoms with Gasteiger partial charge in [-0.1, -0.05) is 0 Å². The van der Waals surface area contributed by atoms with Gasteiger partial charge < -0.3 is 19.6 Å². The largest absolute Gasteiger partial charge is 0.465 e. The molecule has 2 amide bonds. The van der Waals surface area contributed by atoms with E-state index in [0.717, 1.165) is 5.69 Å². The number of benzene rings is 1. The first-order valence-corrected chi connectivity index (χ1v) is 7.57. The highest BCUT2D eigenvalue weighted by Gasteiger charge is 2.25. The summed E-state index contributed by atoms with van der Waals surface area (Å²) < 4.78 is 5.38. The van der Waals surface area contributed by atoms with Gasteiger partial charge in [-0.3, -0.25) is 5.32 Å². The Labute approximate surface area is 135 Å². The molecule has 0 aromatic heterocycles. The minimum Gasteiger partial charge on any atom is -0.465 e. The molecule has 2 N–H and O–H groups in total. The van der Waals surface area contributed by atoms with Gasteiger partial charge in [0.25, 0.3) is 0 Å². The van der Waals surface area contributed by atoms with Crippen LogP contribution < -0.4 is 10.2 Å². The van der Waals surface area contributed by atoms with E-state index in [1.165, 1.54) is 0 Å². The van der Waals surface area contributed by atoms with E-state index in [0.29, 0.717) is 31.9 Å². The van der Waals surface area contributed by atoms with Crippen LogP contribution in [-0.2, 0) is 4.74 Å². The van der Waals surface area contributed by atoms with Crippen LogP contribution in [-0.4, -0.2) is 54.0 Å². The van der Waals surface area contributed by atoms with E-state index in [1.54, 1.807) is 17.0 Å². The van der Waals surface area contributed by atoms with Crippen molar-refractivity contribution >= 4 is 23.6 Å². The Morgan fingerprint density at radius 2 is 1.65 bits per heavy atom. The molecule has 0 unspecified atom stereocenters. The van der Waals surface area contributed by atoms with Crippen molar-refractivity contribution in [3.05, 3.63) is 24.3 Å². The zero-order valence-electron chi connectivity index (χ0n) is 13.7. The average Bonchev–Trinajstić information content (AvgIpc) is 2.46. The van der Waals surface area contributed by atoms with Gasteiger partial charge in [0, 0.05) is 37.6 Å². The molecule has 1 aromatic carbocycles. The second-order valence-electron chi connectivity index (χ2n) is 6.43. The Bertz CT molecular complexity index is 558. The summed E-state index contributed by atoms with van der Waals surface area (Å²) in [5, 5.41) is 11.0. The van der Waals surface area contributed by atoms with Gasteiger partial charge in [-0.15, -0.1) is 0 Å². The summed E-state index contributed by atoms with van der Waals surface area (Å²) in [6.07, 6.45) is -1.36. The first kappa shape index (κ1) is 16.9. The minimum atomic E-state index is -1.08. The number of nitrogens with one attached hydrogen (secondary N) is 1. The third kappa shape index (κ3) is 5.05. The highest BCUT2D eigenvalue weighted by molar-refractivity contribution is 5.83. The lowest BCUT2D eigenvalue weighted by Gasteiger charge is -2.36. The van der Waals surface area contributed by atoms with Gasteiger partial charge >= 0.3 is 12.2 Å². The van der Waals surface area contributed by atoms with Crippen LogP contribution in [0.4, 0.5) is 21.0 Å². The van der Waals surface area contributed by atoms with Gasteiger partial charge in [0.1, 0.15) is 5.60 Å². The van der Waals surface area contributed by atoms with Crippen LogP contribution in [0.2, 0.25) is 0 Å². The van der Waals surface area contributed by atoms with Crippen molar-refractivity contribution in [1.29, 1.82) is 0 Å². The van der Waals surface area contributed by atoms with Crippen LogP contribution in [0.3, 0.4) is 0 Å². The van der Waals surface area contributed by atoms with Gasteiger partial charge in [0.05, 0.1) is 0 Å². The zero-order chi connectivity index (χ0) is 17.0. The number of carboxylic acid groups (broad SMARTS) is 1. The molecule has 0 aliphatic carbocycles. The van der Waals surface area contributed by atoms with Crippen molar-refractivity contribution in [2.24, 2.45) is 0 Å². The predicted molar refractivity (Wildman–Crippen MR) is 88.1 cm³/mol. The molecular formula is C16H23N3O4. The van der Waals surface area contributed by atoms with Crippen LogP contribution in [0, 0.1) is 0 Å². The molecule has 7 heteroatoms. The Morgan fingerprint density at radius 3 is 2.13 bits per heavy atom. The standard InChI is InChI=1S/C16H23N3O4/c1-16(2,3)23-15(22)19-10-8-18(9-11-19)13-6-4-12(5-7-13)17-14(20)21/h4-7,17H,8-11H2,1-3H3,(H,20,21). The van der Waals surface area contributed by atoms with E-state index in [-0.39, 0.29) is 6.09 Å². The van der Waals surface area contributed by atoms with Crippen LogP contribution >= 0.6 is 0 Å². The number of hydrogen-bond acceptors (Lipinski definition) is 4. The molecule has 23 heavy (non-hydrogen) atoms. The van der Waals surface area contributed by atoms with E-state index in [2.05, 4.69) is 10.2 Å². The summed E-state index contributed by atoms with van der Waals surface area (Å²) >= 11 is 0. The quantitative estimate of drug-likeness (QED) is 0.875. The van der Waals surface area contributed by atoms with Crippen LogP contribution in [0.1, 0.15) is 20.8 Å². The first-order valence-electron chi connectivity index (χ1n) is 7.57. The fraction of sp³-hybridized carbons (Fsp3) is 0.500. The molecule has 1 aliphatic rings. The molecule has 1 aromatic rings. The predicted octanol–water partition coefficient (Wildman–Crippen LogP) is 2.83. The minimum absolute atomic E-state index is 0.279. The van der Waals surface area contributed by atoms with E-state index < -0.39 is 11.7 Å². The van der Waals surface area contributed by atoms with Crippen molar-refractivity contribution in [3.63, 3.8) is 0 Å². The van der Waals surface area contributed by atoms with Crippen LogP contribution in [0.15, 0.2) is 24.3 Å². The molecule has 1 saturated heterocycles. The number of anilines is 2. The summed E-state index contributed by atoms with van der Waals surface area (Å²) in [5.41, 5.74) is 1.06. The van der Waals surface area contributed by atoms with Crippen molar-refractivity contribution in [2.75, 3.05) is 36.4 Å². The highest BCUT2D eigenvalue weighted by Crippen LogP contribution is 2.20. The van der Waals surface area contributed by atoms with Gasteiger partial charge in [0.15, 0.2) is 0 Å². The lowest BCUT2D eigenvalue weighted by molar-refractivity contribution is 0.0240. The fourth-order valence-corrected chi connectivity index (χ4v) is 2.35. The smallest absolute Gasteiger partial charge is 0.410 e. The molecule has 2 rings (SSSR count). The maximum absolute atomic E-state index is 12.0. The SMILES string of the molecule is CC(C)(C)OC(=O)N1CCN(c2ccc(NC(=O)O)cc2)CC1. The molecule has 7 nitrogen and oxygen atoms in total. The monoisotopic (exact) mass is 321 g/mol. The highest BCUT2D eigenvalue weighted by atomic mass is 16.6. The second-order valence-corrected chi connectivity index (χ2v) is 6.43. The third-order valence-corrected chi connectivity index (χ3v) is 3.42. The molecule has 1 heterocycles. The van der Waals surface area contributed by atoms with E-state index in [9.17, 15) is 9.59 Å². The summed E-state index contributed by atoms with van der Waals surface area (Å²) in [4.78, 5) is 26.5. The molecule has 0 radical (unpaired) electrons. The Hall–Kier alpha value is -2.44. The Kier molecular flexibility index (Phi) is 4.98. The molecule has 0 saturated carbocycles. The molecule has 0 spiro atoms. The number of piperazine rings is 1. The second kappa shape index (κ2) is 6.76. The van der Waals surface area contributed by atoms with Gasteiger partial charge in [0.2, 0.25) is 0 Å². The van der Waals surface area contributed by atoms with Gasteiger partial charge in [-0.05, 0) is 45.0 Å². The van der Waals surface area contributed by atoms with Gasteiger partial charge in [-0.2, -0.15) is 0 Å². The molecule has 1 fully saturated rings. The van der Waals surface area contributed by atoms with Crippen LogP contribution in [0.25, 0.3) is 0 Å². The zero-order valence-corrected chi connectivity index (χ0v) is 13.7. The lowest BCUT2D eigenvalue weighted by atomic mass is 10.2. The number of hydrogen-bond donors (Lipinski definition) is 2. The fourth-order valence-electron chi connectivity index (χ4n) is 2.35. The molecule has 126 valence electrons. The van der Waals surface area contributed by atoms with Gasteiger partial charge in [-0.25, -0.2) is 9.59 Å². The molecular weight excluding hydrogens is 298 g/mol. The third-order valence-electron chi connectivity index (χ3n) is 3.42. The average molecular weight is 321 g/mol. The van der Waals surface area contributed by atoms with Crippen molar-refractivity contribution in [1.82, 2.24) is 4.90 Å². The lowest BCUT2D eigenvalue weighted by Crippen LogP contribution is -2.50. The number of carbonyl (C=O) groups is 2. The number of rotatable bonds is 2. The van der Waals surface area contributed by atoms with Crippen molar-refractivity contribution < 1.29 is 19.4 Å². The summed E-state index contributed by atoms with van der Waals surface area (Å²) in [5.74, 6) is 0. The van der Waals surface area contributed by atoms with Crippen LogP contribution in [0.5, 0.6) is 0 Å². The maximum atomic E-state index is 12.0. The summed E-state index contributed by atoms with van der Waals surface area (Å²) in [7, 11) is 0. The summed E-state index contributed by atoms with van der Waals surface area (Å²) in [6, 6.07) is 7.19. The molecule has 1 aliphatic heterocycles. The van der Waals surface area contributed by atoms with E-state index >= 15 is 0 Å². The number of nitrogens with zero attached hydrogens (tertiary/aromatic N) is 2. The Balaban J connectivity index is 1.89. The van der Waals surface area contributed by atoms with E-state index in [4.69, 9.17) is 9.84 Å². The summed E-state index contributed by atoms with van der Waals surface area (Å²) in [6.45, 7) is 8.19. The first-order chi connectivity index (χ1) is 10.7. The van der Waals surface area contributed by atoms with Crippen molar-refractivity contribution in [2.45, 2.75) is 26.4 Å². The van der Waals surface area contributed by atoms with Crippen molar-refractivity contribution in [3.8, 4) is 0 Å². The normalized spacial score (nSPS) is 15.3. The van der Waals surface area contributed by atoms with E-state index in [1.807, 2.05) is 32.9 Å². The number of amides is 2. The number of carbonyl (C=O) groups excluding carboxylic acids is 1.